The Labute approximate surface area is 203 Å². The van der Waals surface area contributed by atoms with Crippen molar-refractivity contribution >= 4 is 17.7 Å². The summed E-state index contributed by atoms with van der Waals surface area (Å²) < 4.78 is 0. The molecule has 4 aromatic carbocycles. The number of nitrogens with zero attached hydrogens (tertiary/aromatic N) is 3. The molecule has 5 rings (SSSR count). The predicted octanol–water partition coefficient (Wildman–Crippen LogP) is 7.66. The van der Waals surface area contributed by atoms with Gasteiger partial charge < -0.3 is 9.80 Å². The Morgan fingerprint density at radius 3 is 1.97 bits per heavy atom. The van der Waals surface area contributed by atoms with Gasteiger partial charge >= 0.3 is 0 Å². The molecule has 0 aliphatic carbocycles. The Bertz CT molecular complexity index is 1260. The van der Waals surface area contributed by atoms with Crippen LogP contribution in [0.15, 0.2) is 114 Å². The van der Waals surface area contributed by atoms with Crippen molar-refractivity contribution in [1.82, 2.24) is 0 Å². The lowest BCUT2D eigenvalue weighted by atomic mass is 9.87. The lowest BCUT2D eigenvalue weighted by molar-refractivity contribution is 0.590. The van der Waals surface area contributed by atoms with Gasteiger partial charge in [0.15, 0.2) is 6.17 Å². The van der Waals surface area contributed by atoms with E-state index in [1.807, 2.05) is 6.34 Å². The molecule has 4 aromatic rings. The van der Waals surface area contributed by atoms with Gasteiger partial charge in [-0.05, 0) is 46.4 Å². The fraction of sp³-hybridized carbons (Fsp3) is 0.194. The first kappa shape index (κ1) is 22.0. The zero-order valence-electron chi connectivity index (χ0n) is 20.1. The first-order valence-electron chi connectivity index (χ1n) is 11.9. The Kier molecular flexibility index (Phi) is 5.93. The molecule has 170 valence electrons. The number of para-hydroxylation sites is 1. The van der Waals surface area contributed by atoms with Crippen LogP contribution < -0.4 is 9.80 Å². The van der Waals surface area contributed by atoms with E-state index in [9.17, 15) is 0 Å². The van der Waals surface area contributed by atoms with E-state index in [1.165, 1.54) is 22.3 Å². The molecule has 1 atom stereocenters. The van der Waals surface area contributed by atoms with Crippen LogP contribution in [-0.2, 0) is 5.41 Å². The van der Waals surface area contributed by atoms with Crippen LogP contribution in [0.4, 0.5) is 11.4 Å². The number of anilines is 2. The summed E-state index contributed by atoms with van der Waals surface area (Å²) in [6.07, 6.45) is 1.89. The highest BCUT2D eigenvalue weighted by Gasteiger charge is 2.28. The summed E-state index contributed by atoms with van der Waals surface area (Å²) in [4.78, 5) is 9.70. The van der Waals surface area contributed by atoms with Gasteiger partial charge in [-0.25, -0.2) is 4.99 Å². The van der Waals surface area contributed by atoms with Gasteiger partial charge in [0.1, 0.15) is 0 Å². The Morgan fingerprint density at radius 2 is 1.29 bits per heavy atom. The maximum absolute atomic E-state index is 5.10. The summed E-state index contributed by atoms with van der Waals surface area (Å²) in [5.41, 5.74) is 7.40. The van der Waals surface area contributed by atoms with E-state index < -0.39 is 0 Å². The van der Waals surface area contributed by atoms with Crippen molar-refractivity contribution < 1.29 is 0 Å². The third-order valence-electron chi connectivity index (χ3n) is 6.42. The third kappa shape index (κ3) is 4.47. The Morgan fingerprint density at radius 1 is 0.676 bits per heavy atom. The quantitative estimate of drug-likeness (QED) is 0.321. The zero-order chi connectivity index (χ0) is 23.5. The van der Waals surface area contributed by atoms with Gasteiger partial charge in [0, 0.05) is 16.9 Å². The third-order valence-corrected chi connectivity index (χ3v) is 6.42. The molecule has 34 heavy (non-hydrogen) atoms. The van der Waals surface area contributed by atoms with E-state index in [-0.39, 0.29) is 11.6 Å². The minimum atomic E-state index is -0.107. The van der Waals surface area contributed by atoms with E-state index in [0.29, 0.717) is 0 Å². The molecule has 0 saturated heterocycles. The van der Waals surface area contributed by atoms with Crippen LogP contribution in [0.1, 0.15) is 38.1 Å². The summed E-state index contributed by atoms with van der Waals surface area (Å²) in [6.45, 7) is 7.46. The molecular weight excluding hydrogens is 414 g/mol. The first-order valence-corrected chi connectivity index (χ1v) is 11.9. The smallest absolute Gasteiger partial charge is 0.150 e. The van der Waals surface area contributed by atoms with Crippen LogP contribution in [0.2, 0.25) is 0 Å². The number of benzene rings is 4. The second kappa shape index (κ2) is 9.18. The molecule has 0 saturated carbocycles. The summed E-state index contributed by atoms with van der Waals surface area (Å²) in [6, 6.07) is 38.6. The van der Waals surface area contributed by atoms with Crippen molar-refractivity contribution in [3.8, 4) is 11.1 Å². The lowest BCUT2D eigenvalue weighted by Gasteiger charge is -2.40. The first-order chi connectivity index (χ1) is 16.5. The maximum Gasteiger partial charge on any atom is 0.150 e. The summed E-state index contributed by atoms with van der Waals surface area (Å²) in [5, 5.41) is 0. The van der Waals surface area contributed by atoms with E-state index in [1.54, 1.807) is 0 Å². The SMILES string of the molecule is CC(C)(C)c1ccc(N2C=NC(c3ccccc3-c3ccccc3)N(c3ccccc3)C2)cc1. The lowest BCUT2D eigenvalue weighted by Crippen LogP contribution is -2.43. The Hall–Kier alpha value is -3.85. The van der Waals surface area contributed by atoms with Crippen molar-refractivity contribution in [2.75, 3.05) is 16.5 Å². The van der Waals surface area contributed by atoms with Gasteiger partial charge in [0.25, 0.3) is 0 Å². The molecule has 0 spiro atoms. The van der Waals surface area contributed by atoms with Crippen LogP contribution in [0.3, 0.4) is 0 Å². The largest absolute Gasteiger partial charge is 0.327 e. The van der Waals surface area contributed by atoms with Crippen molar-refractivity contribution in [2.24, 2.45) is 4.99 Å². The van der Waals surface area contributed by atoms with Crippen LogP contribution in [0, 0.1) is 0 Å². The average molecular weight is 446 g/mol. The molecule has 0 N–H and O–H groups in total. The van der Waals surface area contributed by atoms with Crippen LogP contribution in [0.5, 0.6) is 0 Å². The number of rotatable bonds is 4. The minimum absolute atomic E-state index is 0.107. The zero-order valence-corrected chi connectivity index (χ0v) is 20.1. The molecule has 0 radical (unpaired) electrons. The van der Waals surface area contributed by atoms with Crippen molar-refractivity contribution in [3.05, 3.63) is 120 Å². The molecular formula is C31H31N3. The molecule has 1 aliphatic heterocycles. The number of hydrogen-bond donors (Lipinski definition) is 0. The molecule has 3 nitrogen and oxygen atoms in total. The second-order valence-corrected chi connectivity index (χ2v) is 9.80. The Balaban J connectivity index is 1.55. The topological polar surface area (TPSA) is 18.8 Å². The molecule has 0 fully saturated rings. The summed E-state index contributed by atoms with van der Waals surface area (Å²) in [7, 11) is 0. The van der Waals surface area contributed by atoms with E-state index in [0.717, 1.165) is 18.0 Å². The molecule has 0 bridgehead atoms. The van der Waals surface area contributed by atoms with Crippen LogP contribution in [0.25, 0.3) is 11.1 Å². The van der Waals surface area contributed by atoms with Crippen molar-refractivity contribution in [3.63, 3.8) is 0 Å². The van der Waals surface area contributed by atoms with E-state index in [4.69, 9.17) is 4.99 Å². The molecule has 1 unspecified atom stereocenters. The molecule has 1 aliphatic rings. The minimum Gasteiger partial charge on any atom is -0.327 e. The van der Waals surface area contributed by atoms with E-state index in [2.05, 4.69) is 140 Å². The van der Waals surface area contributed by atoms with Gasteiger partial charge in [-0.1, -0.05) is 106 Å². The fourth-order valence-electron chi connectivity index (χ4n) is 4.50. The van der Waals surface area contributed by atoms with Crippen molar-refractivity contribution in [1.29, 1.82) is 0 Å². The van der Waals surface area contributed by atoms with Crippen molar-refractivity contribution in [2.45, 2.75) is 32.4 Å². The fourth-order valence-corrected chi connectivity index (χ4v) is 4.50. The number of aliphatic imine (C=N–C) groups is 1. The van der Waals surface area contributed by atoms with Gasteiger partial charge in [0.05, 0.1) is 13.0 Å². The standard InChI is InChI=1S/C31H31N3/c1-31(2,3)25-18-20-26(21-19-25)33-22-32-30(34(23-33)27-14-8-5-9-15-27)29-17-11-10-16-28(29)24-12-6-4-7-13-24/h4-22,30H,23H2,1-3H3. The molecule has 0 amide bonds. The van der Waals surface area contributed by atoms with Gasteiger partial charge in [-0.15, -0.1) is 0 Å². The normalized spacial score (nSPS) is 16.0. The average Bonchev–Trinajstić information content (AvgIpc) is 2.89. The maximum atomic E-state index is 5.10. The van der Waals surface area contributed by atoms with Crippen LogP contribution >= 0.6 is 0 Å². The van der Waals surface area contributed by atoms with E-state index >= 15 is 0 Å². The molecule has 1 heterocycles. The monoisotopic (exact) mass is 445 g/mol. The summed E-state index contributed by atoms with van der Waals surface area (Å²) >= 11 is 0. The number of hydrogen-bond acceptors (Lipinski definition) is 3. The highest BCUT2D eigenvalue weighted by atomic mass is 15.4. The highest BCUT2D eigenvalue weighted by Crippen LogP contribution is 2.37. The highest BCUT2D eigenvalue weighted by molar-refractivity contribution is 5.82. The second-order valence-electron chi connectivity index (χ2n) is 9.80. The summed E-state index contributed by atoms with van der Waals surface area (Å²) in [5.74, 6) is 0. The molecule has 0 aromatic heterocycles. The van der Waals surface area contributed by atoms with Gasteiger partial charge in [-0.2, -0.15) is 0 Å². The predicted molar refractivity (Wildman–Crippen MR) is 145 cm³/mol. The van der Waals surface area contributed by atoms with Gasteiger partial charge in [0.2, 0.25) is 0 Å². The van der Waals surface area contributed by atoms with Gasteiger partial charge in [-0.3, -0.25) is 0 Å². The van der Waals surface area contributed by atoms with Crippen LogP contribution in [-0.4, -0.2) is 13.0 Å². The molecule has 3 heteroatoms.